The summed E-state index contributed by atoms with van der Waals surface area (Å²) in [5.74, 6) is 0. The Morgan fingerprint density at radius 1 is 1.33 bits per heavy atom. The molecule has 1 aromatic rings. The van der Waals surface area contributed by atoms with Gasteiger partial charge in [-0.05, 0) is 55.4 Å². The van der Waals surface area contributed by atoms with Gasteiger partial charge in [0.2, 0.25) is 0 Å². The lowest BCUT2D eigenvalue weighted by atomic mass is 9.93. The van der Waals surface area contributed by atoms with Crippen molar-refractivity contribution in [1.82, 2.24) is 0 Å². The molecule has 1 aliphatic rings. The third-order valence-corrected chi connectivity index (χ3v) is 4.35. The number of hydrogen-bond acceptors (Lipinski definition) is 0. The highest BCUT2D eigenvalue weighted by atomic mass is 35.5. The first-order valence-electron chi connectivity index (χ1n) is 5.11. The van der Waals surface area contributed by atoms with Gasteiger partial charge in [-0.3, -0.25) is 0 Å². The zero-order valence-corrected chi connectivity index (χ0v) is 10.8. The molecule has 0 aromatic heterocycles. The first-order valence-corrected chi connectivity index (χ1v) is 6.31. The molecule has 0 bridgehead atoms. The molecule has 1 atom stereocenters. The molecule has 0 heterocycles. The van der Waals surface area contributed by atoms with Crippen LogP contribution in [0.2, 0.25) is 10.0 Å². The fourth-order valence-corrected chi connectivity index (χ4v) is 2.61. The van der Waals surface area contributed by atoms with Crippen molar-refractivity contribution in [1.29, 1.82) is 0 Å². The molecule has 0 aliphatic heterocycles. The van der Waals surface area contributed by atoms with E-state index in [4.69, 9.17) is 34.8 Å². The van der Waals surface area contributed by atoms with Crippen molar-refractivity contribution in [2.75, 3.05) is 0 Å². The quantitative estimate of drug-likeness (QED) is 0.677. The summed E-state index contributed by atoms with van der Waals surface area (Å²) in [5, 5.41) is 1.74. The number of alkyl halides is 1. The normalized spacial score (nSPS) is 20.0. The van der Waals surface area contributed by atoms with E-state index in [1.807, 2.05) is 18.2 Å². The Kier molecular flexibility index (Phi) is 3.21. The average Bonchev–Trinajstić information content (AvgIpc) is 2.92. The van der Waals surface area contributed by atoms with Gasteiger partial charge < -0.3 is 0 Å². The SMILES string of the molecule is CC(Cl)C1(Cc2cc(Cl)ccc2Cl)CC1. The number of benzene rings is 1. The van der Waals surface area contributed by atoms with Gasteiger partial charge in [0, 0.05) is 15.4 Å². The van der Waals surface area contributed by atoms with Crippen LogP contribution in [0.15, 0.2) is 18.2 Å². The van der Waals surface area contributed by atoms with Crippen molar-refractivity contribution < 1.29 is 0 Å². The monoisotopic (exact) mass is 262 g/mol. The van der Waals surface area contributed by atoms with Crippen LogP contribution in [-0.2, 0) is 6.42 Å². The lowest BCUT2D eigenvalue weighted by Gasteiger charge is -2.18. The molecule has 1 fully saturated rings. The van der Waals surface area contributed by atoms with Crippen LogP contribution in [0.4, 0.5) is 0 Å². The molecule has 1 saturated carbocycles. The highest BCUT2D eigenvalue weighted by molar-refractivity contribution is 6.33. The second kappa shape index (κ2) is 4.16. The standard InChI is InChI=1S/C12H13Cl3/c1-8(13)12(4-5-12)7-9-6-10(14)2-3-11(9)15/h2-3,6,8H,4-5,7H2,1H3. The van der Waals surface area contributed by atoms with E-state index in [9.17, 15) is 0 Å². The Labute approximate surface area is 106 Å². The summed E-state index contributed by atoms with van der Waals surface area (Å²) >= 11 is 18.3. The zero-order valence-electron chi connectivity index (χ0n) is 8.56. The van der Waals surface area contributed by atoms with Gasteiger partial charge in [0.05, 0.1) is 0 Å². The minimum Gasteiger partial charge on any atom is -0.123 e. The van der Waals surface area contributed by atoms with Crippen LogP contribution in [0.25, 0.3) is 0 Å². The van der Waals surface area contributed by atoms with Crippen molar-refractivity contribution in [3.63, 3.8) is 0 Å². The van der Waals surface area contributed by atoms with E-state index in [2.05, 4.69) is 6.92 Å². The molecule has 82 valence electrons. The topological polar surface area (TPSA) is 0 Å². The summed E-state index contributed by atoms with van der Waals surface area (Å²) in [6, 6.07) is 5.62. The highest BCUT2D eigenvalue weighted by Crippen LogP contribution is 2.53. The average molecular weight is 264 g/mol. The first-order chi connectivity index (χ1) is 7.03. The number of hydrogen-bond donors (Lipinski definition) is 0. The Morgan fingerprint density at radius 2 is 2.00 bits per heavy atom. The molecule has 0 amide bonds. The molecule has 2 rings (SSSR count). The minimum atomic E-state index is 0.201. The van der Waals surface area contributed by atoms with Gasteiger partial charge in [0.1, 0.15) is 0 Å². The van der Waals surface area contributed by atoms with Crippen molar-refractivity contribution >= 4 is 34.8 Å². The largest absolute Gasteiger partial charge is 0.123 e. The summed E-state index contributed by atoms with van der Waals surface area (Å²) < 4.78 is 0. The molecule has 15 heavy (non-hydrogen) atoms. The highest BCUT2D eigenvalue weighted by Gasteiger charge is 2.46. The molecule has 0 saturated heterocycles. The molecule has 1 aromatic carbocycles. The summed E-state index contributed by atoms with van der Waals surface area (Å²) in [4.78, 5) is 0. The molecule has 3 heteroatoms. The maximum absolute atomic E-state index is 6.20. The molecule has 1 unspecified atom stereocenters. The maximum atomic E-state index is 6.20. The molecule has 0 radical (unpaired) electrons. The van der Waals surface area contributed by atoms with Crippen LogP contribution in [0.1, 0.15) is 25.3 Å². The van der Waals surface area contributed by atoms with E-state index in [0.717, 1.165) is 22.0 Å². The Hall–Kier alpha value is 0.0900. The molecule has 0 spiro atoms. The lowest BCUT2D eigenvalue weighted by molar-refractivity contribution is 0.496. The third kappa shape index (κ3) is 2.43. The molecular formula is C12H13Cl3. The van der Waals surface area contributed by atoms with Crippen LogP contribution < -0.4 is 0 Å². The van der Waals surface area contributed by atoms with Crippen molar-refractivity contribution in [3.05, 3.63) is 33.8 Å². The smallest absolute Gasteiger partial charge is 0.0439 e. The molecule has 0 nitrogen and oxygen atoms in total. The zero-order chi connectivity index (χ0) is 11.1. The predicted octanol–water partition coefficient (Wildman–Crippen LogP) is 4.94. The van der Waals surface area contributed by atoms with Crippen LogP contribution >= 0.6 is 34.8 Å². The second-order valence-electron chi connectivity index (χ2n) is 4.39. The Bertz CT molecular complexity index is 367. The van der Waals surface area contributed by atoms with Gasteiger partial charge in [0.15, 0.2) is 0 Å². The van der Waals surface area contributed by atoms with Crippen molar-refractivity contribution in [2.24, 2.45) is 5.41 Å². The number of halogens is 3. The summed E-state index contributed by atoms with van der Waals surface area (Å²) in [6.07, 6.45) is 3.33. The van der Waals surface area contributed by atoms with Gasteiger partial charge in [-0.2, -0.15) is 0 Å². The van der Waals surface area contributed by atoms with Crippen LogP contribution in [0.5, 0.6) is 0 Å². The third-order valence-electron chi connectivity index (χ3n) is 3.29. The summed E-state index contributed by atoms with van der Waals surface area (Å²) in [5.41, 5.74) is 1.38. The van der Waals surface area contributed by atoms with Crippen molar-refractivity contribution in [3.8, 4) is 0 Å². The number of rotatable bonds is 3. The molecule has 0 N–H and O–H groups in total. The van der Waals surface area contributed by atoms with E-state index >= 15 is 0 Å². The van der Waals surface area contributed by atoms with E-state index in [0.29, 0.717) is 0 Å². The minimum absolute atomic E-state index is 0.201. The second-order valence-corrected chi connectivity index (χ2v) is 5.89. The fraction of sp³-hybridized carbons (Fsp3) is 0.500. The van der Waals surface area contributed by atoms with Gasteiger partial charge in [-0.15, -0.1) is 11.6 Å². The fourth-order valence-electron chi connectivity index (χ4n) is 1.93. The Balaban J connectivity index is 2.21. The van der Waals surface area contributed by atoms with E-state index < -0.39 is 0 Å². The van der Waals surface area contributed by atoms with E-state index in [1.54, 1.807) is 0 Å². The van der Waals surface area contributed by atoms with E-state index in [-0.39, 0.29) is 10.8 Å². The molecular weight excluding hydrogens is 250 g/mol. The van der Waals surface area contributed by atoms with Crippen LogP contribution in [-0.4, -0.2) is 5.38 Å². The predicted molar refractivity (Wildman–Crippen MR) is 67.1 cm³/mol. The molecule has 1 aliphatic carbocycles. The van der Waals surface area contributed by atoms with Gasteiger partial charge in [-0.25, -0.2) is 0 Å². The first kappa shape index (κ1) is 11.6. The van der Waals surface area contributed by atoms with Crippen LogP contribution in [0.3, 0.4) is 0 Å². The van der Waals surface area contributed by atoms with Gasteiger partial charge in [0.25, 0.3) is 0 Å². The lowest BCUT2D eigenvalue weighted by Crippen LogP contribution is -2.15. The van der Waals surface area contributed by atoms with Gasteiger partial charge >= 0.3 is 0 Å². The van der Waals surface area contributed by atoms with Crippen molar-refractivity contribution in [2.45, 2.75) is 31.6 Å². The van der Waals surface area contributed by atoms with E-state index in [1.165, 1.54) is 12.8 Å². The Morgan fingerprint density at radius 3 is 2.53 bits per heavy atom. The maximum Gasteiger partial charge on any atom is 0.0439 e. The summed E-state index contributed by atoms with van der Waals surface area (Å²) in [7, 11) is 0. The van der Waals surface area contributed by atoms with Crippen LogP contribution in [0, 0.1) is 5.41 Å². The van der Waals surface area contributed by atoms with Gasteiger partial charge in [-0.1, -0.05) is 23.2 Å². The summed E-state index contributed by atoms with van der Waals surface area (Å²) in [6.45, 7) is 2.06.